The topological polar surface area (TPSA) is 15.3 Å². The molecule has 1 fully saturated rings. The molecule has 0 amide bonds. The van der Waals surface area contributed by atoms with Crippen LogP contribution in [-0.2, 0) is 0 Å². The lowest BCUT2D eigenvalue weighted by atomic mass is 9.97. The zero-order chi connectivity index (χ0) is 10.2. The van der Waals surface area contributed by atoms with Gasteiger partial charge in [-0.25, -0.2) is 0 Å². The minimum Gasteiger partial charge on any atom is -0.316 e. The van der Waals surface area contributed by atoms with Crippen LogP contribution in [0.4, 0.5) is 4.39 Å². The molecule has 0 unspecified atom stereocenters. The Morgan fingerprint density at radius 3 is 2.64 bits per heavy atom. The van der Waals surface area contributed by atoms with Crippen LogP contribution in [0, 0.1) is 5.92 Å². The van der Waals surface area contributed by atoms with E-state index in [4.69, 9.17) is 0 Å². The second kappa shape index (κ2) is 7.18. The number of halogens is 1. The summed E-state index contributed by atoms with van der Waals surface area (Å²) in [5.41, 5.74) is 0. The highest BCUT2D eigenvalue weighted by Crippen LogP contribution is 2.15. The smallest absolute Gasteiger partial charge is 0.0906 e. The summed E-state index contributed by atoms with van der Waals surface area (Å²) in [6, 6.07) is 0. The largest absolute Gasteiger partial charge is 0.316 e. The second-order valence-corrected chi connectivity index (χ2v) is 4.12. The van der Waals surface area contributed by atoms with E-state index in [1.54, 1.807) is 0 Å². The van der Waals surface area contributed by atoms with E-state index < -0.39 is 0 Å². The van der Waals surface area contributed by atoms with Crippen LogP contribution < -0.4 is 5.32 Å². The van der Waals surface area contributed by atoms with Crippen molar-refractivity contribution in [2.75, 3.05) is 39.4 Å². The molecule has 1 aliphatic heterocycles. The predicted molar refractivity (Wildman–Crippen MR) is 58.3 cm³/mol. The summed E-state index contributed by atoms with van der Waals surface area (Å²) in [7, 11) is 0. The van der Waals surface area contributed by atoms with Crippen molar-refractivity contribution in [2.45, 2.75) is 26.2 Å². The normalized spacial score (nSPS) is 20.1. The number of hydrogen-bond donors (Lipinski definition) is 1. The van der Waals surface area contributed by atoms with Crippen LogP contribution in [0.2, 0.25) is 0 Å². The standard InChI is InChI=1S/C11H23FN2/c1-2-14-8-4-11(5-9-14)10-13-7-3-6-12/h11,13H,2-10H2,1H3. The number of nitrogens with one attached hydrogen (secondary N) is 1. The van der Waals surface area contributed by atoms with Gasteiger partial charge in [-0.2, -0.15) is 0 Å². The van der Waals surface area contributed by atoms with Crippen molar-refractivity contribution in [3.05, 3.63) is 0 Å². The molecule has 1 heterocycles. The molecule has 0 atom stereocenters. The van der Waals surface area contributed by atoms with E-state index in [-0.39, 0.29) is 6.67 Å². The average molecular weight is 202 g/mol. The highest BCUT2D eigenvalue weighted by Gasteiger charge is 2.16. The molecule has 0 aliphatic carbocycles. The molecule has 0 saturated carbocycles. The van der Waals surface area contributed by atoms with Crippen molar-refractivity contribution < 1.29 is 4.39 Å². The molecule has 1 rings (SSSR count). The third-order valence-electron chi connectivity index (χ3n) is 3.07. The first-order valence-corrected chi connectivity index (χ1v) is 5.85. The molecule has 0 aromatic carbocycles. The molecular formula is C11H23FN2. The molecular weight excluding hydrogens is 179 g/mol. The summed E-state index contributed by atoms with van der Waals surface area (Å²) >= 11 is 0. The van der Waals surface area contributed by atoms with Gasteiger partial charge in [-0.3, -0.25) is 4.39 Å². The van der Waals surface area contributed by atoms with Gasteiger partial charge >= 0.3 is 0 Å². The van der Waals surface area contributed by atoms with Gasteiger partial charge in [0.15, 0.2) is 0 Å². The molecule has 1 saturated heterocycles. The van der Waals surface area contributed by atoms with Crippen LogP contribution >= 0.6 is 0 Å². The van der Waals surface area contributed by atoms with Crippen LogP contribution in [0.25, 0.3) is 0 Å². The van der Waals surface area contributed by atoms with E-state index in [2.05, 4.69) is 17.1 Å². The molecule has 0 spiro atoms. The first kappa shape index (κ1) is 11.9. The van der Waals surface area contributed by atoms with E-state index in [1.807, 2.05) is 0 Å². The first-order valence-electron chi connectivity index (χ1n) is 5.85. The second-order valence-electron chi connectivity index (χ2n) is 4.12. The Morgan fingerprint density at radius 2 is 2.07 bits per heavy atom. The fourth-order valence-corrected chi connectivity index (χ4v) is 2.00. The van der Waals surface area contributed by atoms with Gasteiger partial charge in [-0.15, -0.1) is 0 Å². The molecule has 1 N–H and O–H groups in total. The Hall–Kier alpha value is -0.150. The zero-order valence-corrected chi connectivity index (χ0v) is 9.27. The maximum atomic E-state index is 11.8. The Labute approximate surface area is 86.9 Å². The van der Waals surface area contributed by atoms with E-state index >= 15 is 0 Å². The lowest BCUT2D eigenvalue weighted by Crippen LogP contribution is -2.37. The highest BCUT2D eigenvalue weighted by molar-refractivity contribution is 4.72. The van der Waals surface area contributed by atoms with Crippen LogP contribution in [0.15, 0.2) is 0 Å². The van der Waals surface area contributed by atoms with E-state index in [0.717, 1.165) is 19.0 Å². The van der Waals surface area contributed by atoms with Gasteiger partial charge in [-0.1, -0.05) is 6.92 Å². The number of rotatable bonds is 6. The molecule has 2 nitrogen and oxygen atoms in total. The van der Waals surface area contributed by atoms with E-state index in [9.17, 15) is 4.39 Å². The minimum atomic E-state index is -0.193. The highest BCUT2D eigenvalue weighted by atomic mass is 19.1. The maximum absolute atomic E-state index is 11.8. The maximum Gasteiger partial charge on any atom is 0.0906 e. The Morgan fingerprint density at radius 1 is 1.36 bits per heavy atom. The lowest BCUT2D eigenvalue weighted by Gasteiger charge is -2.31. The van der Waals surface area contributed by atoms with E-state index in [1.165, 1.54) is 32.5 Å². The molecule has 84 valence electrons. The first-order chi connectivity index (χ1) is 6.86. The van der Waals surface area contributed by atoms with Crippen molar-refractivity contribution in [1.82, 2.24) is 10.2 Å². The molecule has 3 heteroatoms. The Bertz CT molecular complexity index is 133. The molecule has 0 bridgehead atoms. The van der Waals surface area contributed by atoms with Crippen LogP contribution in [0.1, 0.15) is 26.2 Å². The van der Waals surface area contributed by atoms with Crippen molar-refractivity contribution in [1.29, 1.82) is 0 Å². The fourth-order valence-electron chi connectivity index (χ4n) is 2.00. The summed E-state index contributed by atoms with van der Waals surface area (Å²) < 4.78 is 11.8. The molecule has 0 aromatic rings. The predicted octanol–water partition coefficient (Wildman–Crippen LogP) is 1.67. The van der Waals surface area contributed by atoms with Crippen LogP contribution in [0.3, 0.4) is 0 Å². The fraction of sp³-hybridized carbons (Fsp3) is 1.00. The van der Waals surface area contributed by atoms with Gasteiger partial charge in [0.2, 0.25) is 0 Å². The average Bonchev–Trinajstić information content (AvgIpc) is 2.25. The van der Waals surface area contributed by atoms with Gasteiger partial charge in [0.05, 0.1) is 6.67 Å². The number of nitrogens with zero attached hydrogens (tertiary/aromatic N) is 1. The van der Waals surface area contributed by atoms with Gasteiger partial charge < -0.3 is 10.2 Å². The van der Waals surface area contributed by atoms with Crippen molar-refractivity contribution in [2.24, 2.45) is 5.92 Å². The zero-order valence-electron chi connectivity index (χ0n) is 9.27. The molecule has 1 aliphatic rings. The Balaban J connectivity index is 1.98. The summed E-state index contributed by atoms with van der Waals surface area (Å²) in [5.74, 6) is 0.817. The monoisotopic (exact) mass is 202 g/mol. The lowest BCUT2D eigenvalue weighted by molar-refractivity contribution is 0.190. The third kappa shape index (κ3) is 4.38. The van der Waals surface area contributed by atoms with Gasteiger partial charge in [-0.05, 0) is 57.9 Å². The molecule has 0 radical (unpaired) electrons. The SMILES string of the molecule is CCN1CCC(CNCCCF)CC1. The number of alkyl halides is 1. The van der Waals surface area contributed by atoms with Crippen molar-refractivity contribution >= 4 is 0 Å². The molecule has 14 heavy (non-hydrogen) atoms. The summed E-state index contributed by atoms with van der Waals surface area (Å²) in [4.78, 5) is 2.50. The van der Waals surface area contributed by atoms with Crippen molar-refractivity contribution in [3.63, 3.8) is 0 Å². The molecule has 0 aromatic heterocycles. The minimum absolute atomic E-state index is 0.193. The van der Waals surface area contributed by atoms with Gasteiger partial charge in [0.1, 0.15) is 0 Å². The summed E-state index contributed by atoms with van der Waals surface area (Å²) in [6.07, 6.45) is 3.26. The quantitative estimate of drug-likeness (QED) is 0.659. The number of likely N-dealkylation sites (tertiary alicyclic amines) is 1. The number of hydrogen-bond acceptors (Lipinski definition) is 2. The van der Waals surface area contributed by atoms with Crippen LogP contribution in [-0.4, -0.2) is 44.3 Å². The summed E-state index contributed by atoms with van der Waals surface area (Å²) in [6.45, 7) is 7.61. The van der Waals surface area contributed by atoms with Crippen LogP contribution in [0.5, 0.6) is 0 Å². The Kier molecular flexibility index (Phi) is 6.12. The summed E-state index contributed by atoms with van der Waals surface area (Å²) in [5, 5.41) is 3.33. The number of piperidine rings is 1. The van der Waals surface area contributed by atoms with Crippen molar-refractivity contribution in [3.8, 4) is 0 Å². The van der Waals surface area contributed by atoms with E-state index in [0.29, 0.717) is 6.42 Å². The van der Waals surface area contributed by atoms with Gasteiger partial charge in [0.25, 0.3) is 0 Å². The third-order valence-corrected chi connectivity index (χ3v) is 3.07. The van der Waals surface area contributed by atoms with Gasteiger partial charge in [0, 0.05) is 0 Å².